The summed E-state index contributed by atoms with van der Waals surface area (Å²) in [5, 5.41) is 6.05. The molecule has 1 rings (SSSR count). The van der Waals surface area contributed by atoms with E-state index in [1.165, 1.54) is 25.7 Å². The first-order valence-electron chi connectivity index (χ1n) is 5.53. The van der Waals surface area contributed by atoms with E-state index in [9.17, 15) is 4.79 Å². The van der Waals surface area contributed by atoms with Crippen molar-refractivity contribution in [3.8, 4) is 0 Å². The summed E-state index contributed by atoms with van der Waals surface area (Å²) in [4.78, 5) is 10.4. The van der Waals surface area contributed by atoms with Crippen molar-refractivity contribution < 1.29 is 4.79 Å². The number of carbonyl (C=O) groups excluding carboxylic acids is 1. The molecule has 1 aliphatic heterocycles. The van der Waals surface area contributed by atoms with Gasteiger partial charge in [0.25, 0.3) is 0 Å². The first-order chi connectivity index (χ1) is 6.79. The topological polar surface area (TPSA) is 67.2 Å². The van der Waals surface area contributed by atoms with Crippen LogP contribution in [-0.2, 0) is 0 Å². The molecule has 1 atom stereocenters. The lowest BCUT2D eigenvalue weighted by Gasteiger charge is -2.13. The fourth-order valence-corrected chi connectivity index (χ4v) is 1.94. The van der Waals surface area contributed by atoms with Gasteiger partial charge in [0.2, 0.25) is 0 Å². The highest BCUT2D eigenvalue weighted by molar-refractivity contribution is 5.71. The standard InChI is InChI=1S/C10H21N3O/c11-10(14)13-7-3-5-9-4-1-2-6-12-8-9/h9,12H,1-8H2,(H3,11,13,14). The Labute approximate surface area is 85.6 Å². The van der Waals surface area contributed by atoms with E-state index in [0.717, 1.165) is 25.4 Å². The summed E-state index contributed by atoms with van der Waals surface area (Å²) in [5.41, 5.74) is 4.97. The quantitative estimate of drug-likeness (QED) is 0.587. The van der Waals surface area contributed by atoms with E-state index in [2.05, 4.69) is 10.6 Å². The highest BCUT2D eigenvalue weighted by atomic mass is 16.2. The molecule has 1 heterocycles. The van der Waals surface area contributed by atoms with Crippen molar-refractivity contribution in [2.45, 2.75) is 32.1 Å². The van der Waals surface area contributed by atoms with E-state index in [1.807, 2.05) is 0 Å². The van der Waals surface area contributed by atoms with Crippen LogP contribution in [0.1, 0.15) is 32.1 Å². The van der Waals surface area contributed by atoms with Gasteiger partial charge < -0.3 is 16.4 Å². The maximum Gasteiger partial charge on any atom is 0.312 e. The van der Waals surface area contributed by atoms with E-state index in [0.29, 0.717) is 6.54 Å². The van der Waals surface area contributed by atoms with Crippen molar-refractivity contribution in [3.05, 3.63) is 0 Å². The third-order valence-electron chi connectivity index (χ3n) is 2.74. The zero-order valence-corrected chi connectivity index (χ0v) is 8.72. The second-order valence-corrected chi connectivity index (χ2v) is 4.00. The van der Waals surface area contributed by atoms with Crippen molar-refractivity contribution in [1.29, 1.82) is 0 Å². The minimum Gasteiger partial charge on any atom is -0.352 e. The van der Waals surface area contributed by atoms with Crippen molar-refractivity contribution in [1.82, 2.24) is 10.6 Å². The van der Waals surface area contributed by atoms with Crippen LogP contribution in [0.15, 0.2) is 0 Å². The number of primary amides is 1. The van der Waals surface area contributed by atoms with Crippen LogP contribution in [-0.4, -0.2) is 25.7 Å². The molecular formula is C10H21N3O. The Morgan fingerprint density at radius 1 is 1.50 bits per heavy atom. The molecule has 4 N–H and O–H groups in total. The van der Waals surface area contributed by atoms with Gasteiger partial charge in [-0.1, -0.05) is 6.42 Å². The molecule has 4 nitrogen and oxygen atoms in total. The second kappa shape index (κ2) is 6.65. The Hall–Kier alpha value is -0.770. The van der Waals surface area contributed by atoms with Crippen LogP contribution in [0.25, 0.3) is 0 Å². The molecule has 1 fully saturated rings. The molecular weight excluding hydrogens is 178 g/mol. The molecule has 0 radical (unpaired) electrons. The predicted octanol–water partition coefficient (Wildman–Crippen LogP) is 0.825. The average Bonchev–Trinajstić information content (AvgIpc) is 2.40. The molecule has 2 amide bonds. The lowest BCUT2D eigenvalue weighted by Crippen LogP contribution is -2.30. The Kier molecular flexibility index (Phi) is 5.37. The van der Waals surface area contributed by atoms with Crippen LogP contribution >= 0.6 is 0 Å². The number of carbonyl (C=O) groups is 1. The maximum absolute atomic E-state index is 10.4. The molecule has 0 aliphatic carbocycles. The monoisotopic (exact) mass is 199 g/mol. The number of amides is 2. The summed E-state index contributed by atoms with van der Waals surface area (Å²) in [6.45, 7) is 3.01. The Bertz CT molecular complexity index is 165. The van der Waals surface area contributed by atoms with Gasteiger partial charge in [-0.2, -0.15) is 0 Å². The van der Waals surface area contributed by atoms with Gasteiger partial charge in [0.15, 0.2) is 0 Å². The minimum absolute atomic E-state index is 0.413. The van der Waals surface area contributed by atoms with Crippen LogP contribution in [0, 0.1) is 5.92 Å². The zero-order valence-electron chi connectivity index (χ0n) is 8.72. The molecule has 0 spiro atoms. The number of rotatable bonds is 4. The van der Waals surface area contributed by atoms with Crippen molar-refractivity contribution in [3.63, 3.8) is 0 Å². The zero-order chi connectivity index (χ0) is 10.2. The molecule has 14 heavy (non-hydrogen) atoms. The van der Waals surface area contributed by atoms with Gasteiger partial charge in [-0.3, -0.25) is 0 Å². The van der Waals surface area contributed by atoms with Gasteiger partial charge in [-0.15, -0.1) is 0 Å². The fourth-order valence-electron chi connectivity index (χ4n) is 1.94. The molecule has 0 aromatic carbocycles. The van der Waals surface area contributed by atoms with Crippen LogP contribution in [0.5, 0.6) is 0 Å². The molecule has 0 aromatic rings. The summed E-state index contributed by atoms with van der Waals surface area (Å²) in [7, 11) is 0. The van der Waals surface area contributed by atoms with E-state index in [-0.39, 0.29) is 0 Å². The molecule has 4 heteroatoms. The summed E-state index contributed by atoms with van der Waals surface area (Å²) in [6, 6.07) is -0.413. The lowest BCUT2D eigenvalue weighted by atomic mass is 9.98. The third-order valence-corrected chi connectivity index (χ3v) is 2.74. The summed E-state index contributed by atoms with van der Waals surface area (Å²) >= 11 is 0. The van der Waals surface area contributed by atoms with E-state index in [4.69, 9.17) is 5.73 Å². The SMILES string of the molecule is NC(=O)NCCCC1CCCCNC1. The second-order valence-electron chi connectivity index (χ2n) is 4.00. The first kappa shape index (κ1) is 11.3. The van der Waals surface area contributed by atoms with Crippen LogP contribution in [0.3, 0.4) is 0 Å². The van der Waals surface area contributed by atoms with E-state index in [1.54, 1.807) is 0 Å². The van der Waals surface area contributed by atoms with E-state index < -0.39 is 6.03 Å². The summed E-state index contributed by atoms with van der Waals surface area (Å²) in [6.07, 6.45) is 6.18. The predicted molar refractivity (Wildman–Crippen MR) is 57.0 cm³/mol. The molecule has 1 unspecified atom stereocenters. The van der Waals surface area contributed by atoms with Gasteiger partial charge in [-0.05, 0) is 44.7 Å². The average molecular weight is 199 g/mol. The maximum atomic E-state index is 10.4. The van der Waals surface area contributed by atoms with E-state index >= 15 is 0 Å². The molecule has 0 saturated carbocycles. The smallest absolute Gasteiger partial charge is 0.312 e. The largest absolute Gasteiger partial charge is 0.352 e. The molecule has 82 valence electrons. The molecule has 0 bridgehead atoms. The van der Waals surface area contributed by atoms with Crippen molar-refractivity contribution in [2.75, 3.05) is 19.6 Å². The van der Waals surface area contributed by atoms with Crippen LogP contribution in [0.2, 0.25) is 0 Å². The van der Waals surface area contributed by atoms with Crippen molar-refractivity contribution >= 4 is 6.03 Å². The summed E-state index contributed by atoms with van der Waals surface area (Å²) < 4.78 is 0. The van der Waals surface area contributed by atoms with Crippen molar-refractivity contribution in [2.24, 2.45) is 11.7 Å². The normalized spacial score (nSPS) is 22.7. The fraction of sp³-hybridized carbons (Fsp3) is 0.900. The van der Waals surface area contributed by atoms with Gasteiger partial charge >= 0.3 is 6.03 Å². The Morgan fingerprint density at radius 2 is 2.36 bits per heavy atom. The van der Waals surface area contributed by atoms with Gasteiger partial charge in [-0.25, -0.2) is 4.79 Å². The van der Waals surface area contributed by atoms with Crippen LogP contribution < -0.4 is 16.4 Å². The number of hydrogen-bond acceptors (Lipinski definition) is 2. The molecule has 1 aliphatic rings. The highest BCUT2D eigenvalue weighted by Gasteiger charge is 2.10. The Morgan fingerprint density at radius 3 is 3.14 bits per heavy atom. The van der Waals surface area contributed by atoms with Gasteiger partial charge in [0.05, 0.1) is 0 Å². The summed E-state index contributed by atoms with van der Waals surface area (Å²) in [5.74, 6) is 0.784. The number of urea groups is 1. The molecule has 1 saturated heterocycles. The van der Waals surface area contributed by atoms with Gasteiger partial charge in [0.1, 0.15) is 0 Å². The highest BCUT2D eigenvalue weighted by Crippen LogP contribution is 2.15. The number of nitrogens with two attached hydrogens (primary N) is 1. The minimum atomic E-state index is -0.413. The number of hydrogen-bond donors (Lipinski definition) is 3. The lowest BCUT2D eigenvalue weighted by molar-refractivity contribution is 0.248. The first-order valence-corrected chi connectivity index (χ1v) is 5.53. The number of nitrogens with one attached hydrogen (secondary N) is 2. The third kappa shape index (κ3) is 5.07. The molecule has 0 aromatic heterocycles. The Balaban J connectivity index is 2.01. The van der Waals surface area contributed by atoms with Gasteiger partial charge in [0, 0.05) is 6.54 Å². The van der Waals surface area contributed by atoms with Crippen LogP contribution in [0.4, 0.5) is 4.79 Å².